The predicted molar refractivity (Wildman–Crippen MR) is 91.8 cm³/mol. The molecule has 138 valence electrons. The maximum Gasteiger partial charge on any atom is 0.288 e. The second-order valence-corrected chi connectivity index (χ2v) is 7.18. The summed E-state index contributed by atoms with van der Waals surface area (Å²) in [5.74, 6) is -2.32. The zero-order chi connectivity index (χ0) is 17.6. The van der Waals surface area contributed by atoms with Gasteiger partial charge in [0.25, 0.3) is 5.76 Å². The number of para-hydroxylation sites is 1. The Hall–Kier alpha value is -1.22. The fourth-order valence-electron chi connectivity index (χ4n) is 3.19. The number of benzene rings is 1. The molecule has 1 N–H and O–H groups in total. The van der Waals surface area contributed by atoms with Crippen molar-refractivity contribution >= 4 is 23.4 Å². The maximum absolute atomic E-state index is 12.6. The Balaban J connectivity index is 1.47. The Morgan fingerprint density at radius 3 is 2.60 bits per heavy atom. The van der Waals surface area contributed by atoms with E-state index in [4.69, 9.17) is 9.47 Å². The Morgan fingerprint density at radius 2 is 1.92 bits per heavy atom. The van der Waals surface area contributed by atoms with Crippen LogP contribution in [0.1, 0.15) is 12.8 Å². The molecule has 1 amide bonds. The number of amides is 1. The molecule has 1 aromatic carbocycles. The van der Waals surface area contributed by atoms with Gasteiger partial charge >= 0.3 is 0 Å². The normalized spacial score (nSPS) is 20.3. The second kappa shape index (κ2) is 8.93. The Labute approximate surface area is 150 Å². The molecule has 8 heteroatoms. The molecule has 2 aliphatic rings. The van der Waals surface area contributed by atoms with E-state index >= 15 is 0 Å². The summed E-state index contributed by atoms with van der Waals surface area (Å²) < 4.78 is 36.3. The molecule has 5 nitrogen and oxygen atoms in total. The average Bonchev–Trinajstić information content (AvgIpc) is 3.11. The van der Waals surface area contributed by atoms with Gasteiger partial charge in [0.15, 0.2) is 6.29 Å². The third-order valence-corrected chi connectivity index (χ3v) is 5.20. The zero-order valence-electron chi connectivity index (χ0n) is 13.8. The van der Waals surface area contributed by atoms with Crippen LogP contribution in [0.3, 0.4) is 0 Å². The molecule has 0 saturated carbocycles. The lowest BCUT2D eigenvalue weighted by molar-refractivity contribution is -0.119. The van der Waals surface area contributed by atoms with E-state index in [2.05, 4.69) is 10.2 Å². The number of alkyl halides is 2. The average molecular weight is 372 g/mol. The molecule has 0 radical (unpaired) electrons. The van der Waals surface area contributed by atoms with Gasteiger partial charge in [-0.3, -0.25) is 9.69 Å². The molecule has 0 spiro atoms. The van der Waals surface area contributed by atoms with Crippen molar-refractivity contribution in [3.63, 3.8) is 0 Å². The van der Waals surface area contributed by atoms with E-state index in [9.17, 15) is 13.6 Å². The molecule has 0 aromatic heterocycles. The van der Waals surface area contributed by atoms with Crippen LogP contribution in [0.5, 0.6) is 0 Å². The van der Waals surface area contributed by atoms with Crippen LogP contribution >= 0.6 is 11.8 Å². The first-order valence-corrected chi connectivity index (χ1v) is 9.29. The number of carbonyl (C=O) groups is 1. The van der Waals surface area contributed by atoms with Gasteiger partial charge in [-0.15, -0.1) is 0 Å². The molecule has 25 heavy (non-hydrogen) atoms. The quantitative estimate of drug-likeness (QED) is 0.778. The van der Waals surface area contributed by atoms with Gasteiger partial charge in [0.1, 0.15) is 0 Å². The number of rotatable bonds is 6. The fraction of sp³-hybridized carbons (Fsp3) is 0.588. The molecular formula is C17H22F2N2O3S. The predicted octanol–water partition coefficient (Wildman–Crippen LogP) is 3.02. The minimum Gasteiger partial charge on any atom is -0.350 e. The van der Waals surface area contributed by atoms with Gasteiger partial charge in [-0.1, -0.05) is 23.9 Å². The van der Waals surface area contributed by atoms with Gasteiger partial charge in [-0.05, 0) is 38.1 Å². The number of halogens is 2. The molecule has 2 heterocycles. The number of hydrogen-bond donors (Lipinski definition) is 1. The van der Waals surface area contributed by atoms with Crippen molar-refractivity contribution in [1.29, 1.82) is 0 Å². The molecule has 0 aliphatic carbocycles. The van der Waals surface area contributed by atoms with Crippen LogP contribution in [0.4, 0.5) is 14.5 Å². The molecule has 2 fully saturated rings. The fourth-order valence-corrected chi connectivity index (χ4v) is 3.79. The number of carbonyl (C=O) groups excluding carboxylic acids is 1. The molecule has 0 bridgehead atoms. The van der Waals surface area contributed by atoms with Crippen LogP contribution in [0.15, 0.2) is 29.2 Å². The highest BCUT2D eigenvalue weighted by atomic mass is 32.2. The number of hydrogen-bond acceptors (Lipinski definition) is 5. The highest BCUT2D eigenvalue weighted by Crippen LogP contribution is 2.31. The first kappa shape index (κ1) is 18.6. The van der Waals surface area contributed by atoms with Crippen LogP contribution in [-0.4, -0.2) is 55.7 Å². The van der Waals surface area contributed by atoms with Gasteiger partial charge < -0.3 is 14.8 Å². The Kier molecular flexibility index (Phi) is 6.63. The highest BCUT2D eigenvalue weighted by molar-refractivity contribution is 7.99. The van der Waals surface area contributed by atoms with Crippen LogP contribution in [0, 0.1) is 5.92 Å². The summed E-state index contributed by atoms with van der Waals surface area (Å²) in [7, 11) is 0. The van der Waals surface area contributed by atoms with Gasteiger partial charge in [-0.25, -0.2) is 0 Å². The van der Waals surface area contributed by atoms with Crippen LogP contribution in [0.2, 0.25) is 0 Å². The van der Waals surface area contributed by atoms with E-state index in [0.29, 0.717) is 41.5 Å². The number of thioether (sulfide) groups is 1. The standard InChI is InChI=1S/C17H22F2N2O3S/c18-17(19)25-14-4-2-1-3-13(14)20-15(22)11-21-7-5-12(6-8-21)16-23-9-10-24-16/h1-4,12,16-17H,5-11H2,(H,20,22). The SMILES string of the molecule is O=C(CN1CCC(C2OCCO2)CC1)Nc1ccccc1SC(F)F. The Bertz CT molecular complexity index is 577. The van der Waals surface area contributed by atoms with E-state index < -0.39 is 5.76 Å². The lowest BCUT2D eigenvalue weighted by atomic mass is 9.96. The van der Waals surface area contributed by atoms with Crippen LogP contribution in [0.25, 0.3) is 0 Å². The van der Waals surface area contributed by atoms with Crippen molar-refractivity contribution in [2.24, 2.45) is 5.92 Å². The third kappa shape index (κ3) is 5.37. The van der Waals surface area contributed by atoms with E-state index in [1.54, 1.807) is 24.3 Å². The summed E-state index contributed by atoms with van der Waals surface area (Å²) >= 11 is 0.438. The molecule has 2 aliphatic heterocycles. The summed E-state index contributed by atoms with van der Waals surface area (Å²) in [5.41, 5.74) is 0.431. The number of likely N-dealkylation sites (tertiary alicyclic amines) is 1. The van der Waals surface area contributed by atoms with E-state index in [0.717, 1.165) is 25.9 Å². The molecule has 3 rings (SSSR count). The molecule has 0 atom stereocenters. The van der Waals surface area contributed by atoms with Crippen molar-refractivity contribution in [2.45, 2.75) is 29.8 Å². The van der Waals surface area contributed by atoms with E-state index in [-0.39, 0.29) is 18.7 Å². The number of anilines is 1. The lowest BCUT2D eigenvalue weighted by Crippen LogP contribution is -2.41. The van der Waals surface area contributed by atoms with Gasteiger partial charge in [0.05, 0.1) is 25.4 Å². The van der Waals surface area contributed by atoms with Crippen molar-refractivity contribution in [3.8, 4) is 0 Å². The first-order valence-electron chi connectivity index (χ1n) is 8.41. The third-order valence-electron chi connectivity index (χ3n) is 4.41. The molecule has 1 aromatic rings. The van der Waals surface area contributed by atoms with E-state index in [1.165, 1.54) is 0 Å². The van der Waals surface area contributed by atoms with Crippen LogP contribution < -0.4 is 5.32 Å². The molecule has 0 unspecified atom stereocenters. The minimum atomic E-state index is -2.52. The molecule has 2 saturated heterocycles. The summed E-state index contributed by atoms with van der Waals surface area (Å²) in [5, 5.41) is 2.75. The maximum atomic E-state index is 12.6. The summed E-state index contributed by atoms with van der Waals surface area (Å²) in [6.07, 6.45) is 1.75. The Morgan fingerprint density at radius 1 is 1.24 bits per heavy atom. The smallest absolute Gasteiger partial charge is 0.288 e. The zero-order valence-corrected chi connectivity index (χ0v) is 14.6. The van der Waals surface area contributed by atoms with Crippen molar-refractivity contribution in [1.82, 2.24) is 4.90 Å². The van der Waals surface area contributed by atoms with Gasteiger partial charge in [-0.2, -0.15) is 8.78 Å². The number of ether oxygens (including phenoxy) is 2. The number of nitrogens with one attached hydrogen (secondary N) is 1. The second-order valence-electron chi connectivity index (χ2n) is 6.15. The minimum absolute atomic E-state index is 0.103. The summed E-state index contributed by atoms with van der Waals surface area (Å²) in [6.45, 7) is 3.17. The van der Waals surface area contributed by atoms with Crippen LogP contribution in [-0.2, 0) is 14.3 Å². The van der Waals surface area contributed by atoms with Crippen molar-refractivity contribution in [2.75, 3.05) is 38.2 Å². The summed E-state index contributed by atoms with van der Waals surface area (Å²) in [4.78, 5) is 14.7. The van der Waals surface area contributed by atoms with Crippen molar-refractivity contribution < 1.29 is 23.0 Å². The number of nitrogens with zero attached hydrogens (tertiary/aromatic N) is 1. The van der Waals surface area contributed by atoms with Gasteiger partial charge in [0.2, 0.25) is 5.91 Å². The number of piperidine rings is 1. The highest BCUT2D eigenvalue weighted by Gasteiger charge is 2.30. The van der Waals surface area contributed by atoms with Gasteiger partial charge in [0, 0.05) is 10.8 Å². The van der Waals surface area contributed by atoms with Crippen molar-refractivity contribution in [3.05, 3.63) is 24.3 Å². The first-order chi connectivity index (χ1) is 12.1. The van der Waals surface area contributed by atoms with E-state index in [1.807, 2.05) is 0 Å². The molecular weight excluding hydrogens is 350 g/mol. The largest absolute Gasteiger partial charge is 0.350 e. The monoisotopic (exact) mass is 372 g/mol. The lowest BCUT2D eigenvalue weighted by Gasteiger charge is -2.33. The summed E-state index contributed by atoms with van der Waals surface area (Å²) in [6, 6.07) is 6.62. The topological polar surface area (TPSA) is 50.8 Å².